The van der Waals surface area contributed by atoms with E-state index in [0.717, 1.165) is 38.9 Å². The third kappa shape index (κ3) is 6.45. The Kier molecular flexibility index (Phi) is 7.54. The summed E-state index contributed by atoms with van der Waals surface area (Å²) in [5.41, 5.74) is 11.1. The zero-order valence-electron chi connectivity index (χ0n) is 23.9. The predicted octanol–water partition coefficient (Wildman–Crippen LogP) is 7.39. The van der Waals surface area contributed by atoms with Crippen molar-refractivity contribution in [3.8, 4) is 21.7 Å². The van der Waals surface area contributed by atoms with Crippen molar-refractivity contribution in [2.24, 2.45) is 11.1 Å². The van der Waals surface area contributed by atoms with Gasteiger partial charge in [-0.15, -0.1) is 11.3 Å². The molecule has 0 aliphatic carbocycles. The van der Waals surface area contributed by atoms with E-state index in [9.17, 15) is 9.59 Å². The molecule has 2 N–H and O–H groups in total. The van der Waals surface area contributed by atoms with Crippen LogP contribution in [0.1, 0.15) is 63.3 Å². The quantitative estimate of drug-likeness (QED) is 0.282. The number of ether oxygens (including phenoxy) is 1. The molecule has 204 valence electrons. The Hall–Kier alpha value is -3.78. The number of nitrogens with zero attached hydrogens (tertiary/aromatic N) is 3. The van der Waals surface area contributed by atoms with Crippen molar-refractivity contribution < 1.29 is 14.3 Å². The van der Waals surface area contributed by atoms with Gasteiger partial charge in [0.1, 0.15) is 16.3 Å². The first-order valence-electron chi connectivity index (χ1n) is 12.9. The van der Waals surface area contributed by atoms with Crippen LogP contribution in [0.2, 0.25) is 0 Å². The van der Waals surface area contributed by atoms with Crippen LogP contribution in [-0.2, 0) is 11.2 Å². The lowest BCUT2D eigenvalue weighted by Gasteiger charge is -2.30. The van der Waals surface area contributed by atoms with Gasteiger partial charge in [0.2, 0.25) is 0 Å². The lowest BCUT2D eigenvalue weighted by atomic mass is 9.87. The molecule has 39 heavy (non-hydrogen) atoms. The summed E-state index contributed by atoms with van der Waals surface area (Å²) in [5.74, 6) is -0.562. The molecule has 2 heterocycles. The molecular weight excluding hydrogens is 508 g/mol. The fourth-order valence-electron chi connectivity index (χ4n) is 4.38. The monoisotopic (exact) mass is 544 g/mol. The van der Waals surface area contributed by atoms with Gasteiger partial charge in [-0.2, -0.15) is 0 Å². The van der Waals surface area contributed by atoms with Crippen molar-refractivity contribution in [3.63, 3.8) is 0 Å². The third-order valence-electron chi connectivity index (χ3n) is 6.08. The highest BCUT2D eigenvalue weighted by Gasteiger charge is 2.29. The normalized spacial score (nSPS) is 12.0. The molecule has 0 aliphatic rings. The van der Waals surface area contributed by atoms with Crippen molar-refractivity contribution in [1.29, 1.82) is 0 Å². The molecule has 0 radical (unpaired) electrons. The number of aromatic nitrogens is 2. The van der Waals surface area contributed by atoms with E-state index in [0.29, 0.717) is 17.1 Å². The van der Waals surface area contributed by atoms with Gasteiger partial charge in [0.25, 0.3) is 5.91 Å². The van der Waals surface area contributed by atoms with E-state index in [1.54, 1.807) is 17.3 Å². The standard InChI is InChI=1S/C31H36N4O3S/c1-18-9-11-19(12-10-18)25-21-15-20(28-34-24(17-39-28)27(32)36)13-14-22(21)33-23(16-30(2,3)4)26(25)35(8)29(37)38-31(5,6)7/h9-15,17H,16H2,1-8H3,(H2,32,36). The van der Waals surface area contributed by atoms with Crippen molar-refractivity contribution >= 4 is 39.9 Å². The van der Waals surface area contributed by atoms with Crippen LogP contribution in [0.5, 0.6) is 0 Å². The molecule has 0 atom stereocenters. The minimum absolute atomic E-state index is 0.0826. The largest absolute Gasteiger partial charge is 0.443 e. The van der Waals surface area contributed by atoms with Gasteiger partial charge in [-0.25, -0.2) is 9.78 Å². The van der Waals surface area contributed by atoms with Crippen LogP contribution in [0.15, 0.2) is 47.8 Å². The maximum atomic E-state index is 13.4. The van der Waals surface area contributed by atoms with Gasteiger partial charge in [-0.3, -0.25) is 14.7 Å². The first-order chi connectivity index (χ1) is 18.1. The highest BCUT2D eigenvalue weighted by atomic mass is 32.1. The maximum absolute atomic E-state index is 13.4. The number of thiazole rings is 1. The van der Waals surface area contributed by atoms with Crippen molar-refractivity contribution in [3.05, 3.63) is 64.8 Å². The topological polar surface area (TPSA) is 98.4 Å². The van der Waals surface area contributed by atoms with E-state index in [1.165, 1.54) is 11.3 Å². The van der Waals surface area contributed by atoms with E-state index in [-0.39, 0.29) is 11.1 Å². The molecule has 4 aromatic rings. The molecule has 0 unspecified atom stereocenters. The Morgan fingerprint density at radius 1 is 0.974 bits per heavy atom. The minimum atomic E-state index is -0.653. The van der Waals surface area contributed by atoms with Crippen LogP contribution in [0.25, 0.3) is 32.6 Å². The Bertz CT molecular complexity index is 1540. The Morgan fingerprint density at radius 2 is 1.62 bits per heavy atom. The second kappa shape index (κ2) is 10.4. The summed E-state index contributed by atoms with van der Waals surface area (Å²) in [6.07, 6.45) is 0.204. The fraction of sp³-hybridized carbons (Fsp3) is 0.355. The number of nitrogens with two attached hydrogens (primary N) is 1. The molecule has 0 aliphatic heterocycles. The van der Waals surface area contributed by atoms with Crippen LogP contribution in [-0.4, -0.2) is 34.6 Å². The molecule has 2 amide bonds. The second-order valence-electron chi connectivity index (χ2n) is 12.1. The Labute approximate surface area is 234 Å². The van der Waals surface area contributed by atoms with Crippen LogP contribution < -0.4 is 10.6 Å². The highest BCUT2D eigenvalue weighted by Crippen LogP contribution is 2.42. The second-order valence-corrected chi connectivity index (χ2v) is 12.9. The zero-order valence-corrected chi connectivity index (χ0v) is 24.7. The number of benzene rings is 2. The summed E-state index contributed by atoms with van der Waals surface area (Å²) in [6, 6.07) is 14.2. The summed E-state index contributed by atoms with van der Waals surface area (Å²) in [4.78, 5) is 36.2. The van der Waals surface area contributed by atoms with Crippen LogP contribution in [0.4, 0.5) is 10.5 Å². The minimum Gasteiger partial charge on any atom is -0.443 e. The maximum Gasteiger partial charge on any atom is 0.414 e. The number of rotatable bonds is 5. The van der Waals surface area contributed by atoms with E-state index >= 15 is 0 Å². The fourth-order valence-corrected chi connectivity index (χ4v) is 5.18. The molecular formula is C31H36N4O3S. The molecule has 0 bridgehead atoms. The molecule has 0 saturated heterocycles. The predicted molar refractivity (Wildman–Crippen MR) is 159 cm³/mol. The summed E-state index contributed by atoms with van der Waals surface area (Å²) < 4.78 is 5.79. The number of primary amides is 1. The molecule has 0 spiro atoms. The van der Waals surface area contributed by atoms with Gasteiger partial charge in [-0.1, -0.05) is 50.6 Å². The first-order valence-corrected chi connectivity index (χ1v) is 13.8. The Balaban J connectivity index is 2.05. The van der Waals surface area contributed by atoms with Crippen molar-refractivity contribution in [2.75, 3.05) is 11.9 Å². The van der Waals surface area contributed by atoms with E-state index in [2.05, 4.69) is 50.0 Å². The average molecular weight is 545 g/mol. The summed E-state index contributed by atoms with van der Waals surface area (Å²) in [6.45, 7) is 14.1. The van der Waals surface area contributed by atoms with E-state index in [1.807, 2.05) is 45.9 Å². The van der Waals surface area contributed by atoms with Crippen molar-refractivity contribution in [1.82, 2.24) is 9.97 Å². The molecule has 4 rings (SSSR count). The first kappa shape index (κ1) is 28.2. The molecule has 2 aromatic heterocycles. The molecule has 2 aromatic carbocycles. The summed E-state index contributed by atoms with van der Waals surface area (Å²) >= 11 is 1.36. The molecule has 0 saturated carbocycles. The number of pyridine rings is 1. The molecule has 7 nitrogen and oxygen atoms in total. The van der Waals surface area contributed by atoms with Crippen LogP contribution in [0.3, 0.4) is 0 Å². The van der Waals surface area contributed by atoms with Gasteiger partial charge in [-0.05, 0) is 63.3 Å². The Morgan fingerprint density at radius 3 is 2.18 bits per heavy atom. The average Bonchev–Trinajstić information content (AvgIpc) is 3.32. The third-order valence-corrected chi connectivity index (χ3v) is 6.97. The number of fused-ring (bicyclic) bond motifs is 1. The lowest BCUT2D eigenvalue weighted by Crippen LogP contribution is -2.35. The SMILES string of the molecule is Cc1ccc(-c2c(N(C)C(=O)OC(C)(C)C)c(CC(C)(C)C)nc3ccc(-c4nc(C(N)=O)cs4)cc23)cc1. The number of anilines is 1. The highest BCUT2D eigenvalue weighted by molar-refractivity contribution is 7.13. The number of amides is 2. The smallest absolute Gasteiger partial charge is 0.414 e. The number of carbonyl (C=O) groups excluding carboxylic acids is 2. The zero-order chi connectivity index (χ0) is 28.7. The molecule has 0 fully saturated rings. The summed E-state index contributed by atoms with van der Waals surface area (Å²) in [7, 11) is 1.74. The lowest BCUT2D eigenvalue weighted by molar-refractivity contribution is 0.0588. The molecule has 8 heteroatoms. The number of hydrogen-bond acceptors (Lipinski definition) is 6. The number of aryl methyl sites for hydroxylation is 1. The number of carbonyl (C=O) groups is 2. The van der Waals surface area contributed by atoms with Gasteiger partial charge in [0.15, 0.2) is 0 Å². The van der Waals surface area contributed by atoms with Crippen molar-refractivity contribution in [2.45, 2.75) is 60.5 Å². The van der Waals surface area contributed by atoms with Gasteiger partial charge in [0, 0.05) is 28.9 Å². The van der Waals surface area contributed by atoms with Crippen LogP contribution in [0, 0.1) is 12.3 Å². The summed E-state index contributed by atoms with van der Waals surface area (Å²) in [5, 5.41) is 3.21. The van der Waals surface area contributed by atoms with E-state index < -0.39 is 17.6 Å². The number of hydrogen-bond donors (Lipinski definition) is 1. The van der Waals surface area contributed by atoms with Crippen LogP contribution >= 0.6 is 11.3 Å². The van der Waals surface area contributed by atoms with E-state index in [4.69, 9.17) is 15.5 Å². The van der Waals surface area contributed by atoms with Gasteiger partial charge >= 0.3 is 6.09 Å². The van der Waals surface area contributed by atoms with Gasteiger partial charge < -0.3 is 10.5 Å². The van der Waals surface area contributed by atoms with Gasteiger partial charge in [0.05, 0.1) is 16.9 Å².